The third-order valence-electron chi connectivity index (χ3n) is 2.90. The third-order valence-corrected chi connectivity index (χ3v) is 2.90. The zero-order valence-electron chi connectivity index (χ0n) is 11.4. The summed E-state index contributed by atoms with van der Waals surface area (Å²) in [6, 6.07) is 10.4. The first-order valence-electron chi connectivity index (χ1n) is 6.27. The number of ether oxygens (including phenoxy) is 1. The summed E-state index contributed by atoms with van der Waals surface area (Å²) in [5, 5.41) is 0. The second kappa shape index (κ2) is 5.41. The van der Waals surface area contributed by atoms with Crippen molar-refractivity contribution < 1.29 is 9.13 Å². The molecule has 1 unspecified atom stereocenters. The van der Waals surface area contributed by atoms with Gasteiger partial charge in [-0.05, 0) is 61.7 Å². The van der Waals surface area contributed by atoms with Gasteiger partial charge in [0.2, 0.25) is 0 Å². The molecule has 0 aliphatic heterocycles. The highest BCUT2D eigenvalue weighted by Gasteiger charge is 2.08. The fourth-order valence-corrected chi connectivity index (χ4v) is 2.00. The molecular formula is C16H18FNO. The van der Waals surface area contributed by atoms with Gasteiger partial charge in [-0.25, -0.2) is 4.39 Å². The van der Waals surface area contributed by atoms with Gasteiger partial charge in [-0.15, -0.1) is 0 Å². The summed E-state index contributed by atoms with van der Waals surface area (Å²) < 4.78 is 19.5. The van der Waals surface area contributed by atoms with Crippen molar-refractivity contribution in [3.63, 3.8) is 0 Å². The molecule has 0 bridgehead atoms. The molecule has 0 aliphatic rings. The quantitative estimate of drug-likeness (QED) is 0.894. The van der Waals surface area contributed by atoms with E-state index in [0.717, 1.165) is 16.7 Å². The molecule has 0 heterocycles. The summed E-state index contributed by atoms with van der Waals surface area (Å²) in [5.74, 6) is 0.466. The fourth-order valence-electron chi connectivity index (χ4n) is 2.00. The van der Waals surface area contributed by atoms with Crippen LogP contribution in [0.2, 0.25) is 0 Å². The lowest BCUT2D eigenvalue weighted by Crippen LogP contribution is -2.05. The van der Waals surface area contributed by atoms with Gasteiger partial charge in [0.1, 0.15) is 5.75 Å². The monoisotopic (exact) mass is 259 g/mol. The van der Waals surface area contributed by atoms with Crippen LogP contribution < -0.4 is 10.5 Å². The summed E-state index contributed by atoms with van der Waals surface area (Å²) in [5.41, 5.74) is 8.64. The van der Waals surface area contributed by atoms with Gasteiger partial charge in [0.25, 0.3) is 0 Å². The lowest BCUT2D eigenvalue weighted by atomic mass is 10.1. The Balaban J connectivity index is 2.28. The van der Waals surface area contributed by atoms with Crippen LogP contribution in [0.5, 0.6) is 11.5 Å². The van der Waals surface area contributed by atoms with E-state index in [1.807, 2.05) is 39.0 Å². The first-order valence-corrected chi connectivity index (χ1v) is 6.27. The third kappa shape index (κ3) is 3.32. The summed E-state index contributed by atoms with van der Waals surface area (Å²) in [6.07, 6.45) is 0. The van der Waals surface area contributed by atoms with Crippen LogP contribution >= 0.6 is 0 Å². The summed E-state index contributed by atoms with van der Waals surface area (Å²) in [7, 11) is 0. The van der Waals surface area contributed by atoms with Gasteiger partial charge in [-0.3, -0.25) is 0 Å². The Hall–Kier alpha value is -1.87. The maximum Gasteiger partial charge on any atom is 0.166 e. The molecule has 0 saturated carbocycles. The molecule has 0 fully saturated rings. The molecule has 19 heavy (non-hydrogen) atoms. The Morgan fingerprint density at radius 3 is 2.21 bits per heavy atom. The smallest absolute Gasteiger partial charge is 0.166 e. The van der Waals surface area contributed by atoms with E-state index in [4.69, 9.17) is 10.5 Å². The van der Waals surface area contributed by atoms with Crippen LogP contribution in [0.1, 0.15) is 29.7 Å². The van der Waals surface area contributed by atoms with Crippen LogP contribution in [0.3, 0.4) is 0 Å². The minimum atomic E-state index is -0.394. The number of hydrogen-bond acceptors (Lipinski definition) is 2. The zero-order chi connectivity index (χ0) is 14.0. The Morgan fingerprint density at radius 1 is 1.05 bits per heavy atom. The summed E-state index contributed by atoms with van der Waals surface area (Å²) in [4.78, 5) is 0. The molecule has 2 aromatic carbocycles. The number of benzene rings is 2. The number of hydrogen-bond donors (Lipinski definition) is 1. The van der Waals surface area contributed by atoms with Gasteiger partial charge >= 0.3 is 0 Å². The Morgan fingerprint density at radius 2 is 1.68 bits per heavy atom. The van der Waals surface area contributed by atoms with Crippen molar-refractivity contribution in [3.05, 3.63) is 58.9 Å². The molecule has 2 rings (SSSR count). The van der Waals surface area contributed by atoms with Gasteiger partial charge in [-0.2, -0.15) is 0 Å². The molecule has 1 atom stereocenters. The number of nitrogens with two attached hydrogens (primary N) is 1. The number of aryl methyl sites for hydroxylation is 2. The molecule has 0 aromatic heterocycles. The van der Waals surface area contributed by atoms with Gasteiger partial charge in [-0.1, -0.05) is 12.1 Å². The largest absolute Gasteiger partial charge is 0.454 e. The van der Waals surface area contributed by atoms with E-state index in [2.05, 4.69) is 0 Å². The molecule has 2 nitrogen and oxygen atoms in total. The zero-order valence-corrected chi connectivity index (χ0v) is 11.4. The minimum absolute atomic E-state index is 0.190. The highest BCUT2D eigenvalue weighted by molar-refractivity contribution is 5.38. The first-order chi connectivity index (χ1) is 8.95. The Bertz CT molecular complexity index is 573. The minimum Gasteiger partial charge on any atom is -0.454 e. The van der Waals surface area contributed by atoms with Crippen LogP contribution in [0.15, 0.2) is 36.4 Å². The van der Waals surface area contributed by atoms with Crippen molar-refractivity contribution in [2.75, 3.05) is 0 Å². The van der Waals surface area contributed by atoms with E-state index >= 15 is 0 Å². The Labute approximate surface area is 113 Å². The summed E-state index contributed by atoms with van der Waals surface area (Å²) in [6.45, 7) is 5.78. The van der Waals surface area contributed by atoms with Crippen LogP contribution in [-0.2, 0) is 0 Å². The van der Waals surface area contributed by atoms with E-state index < -0.39 is 5.82 Å². The number of halogens is 1. The van der Waals surface area contributed by atoms with E-state index in [0.29, 0.717) is 5.75 Å². The Kier molecular flexibility index (Phi) is 3.86. The standard InChI is InChI=1S/C16H18FNO/c1-10-6-11(2)8-14(7-10)19-16-5-4-13(12(3)18)9-15(16)17/h4-9,12H,18H2,1-3H3. The van der Waals surface area contributed by atoms with Crippen molar-refractivity contribution in [1.82, 2.24) is 0 Å². The molecule has 0 spiro atoms. The van der Waals surface area contributed by atoms with Crippen LogP contribution in [-0.4, -0.2) is 0 Å². The van der Waals surface area contributed by atoms with Crippen molar-refractivity contribution in [1.29, 1.82) is 0 Å². The van der Waals surface area contributed by atoms with E-state index in [1.54, 1.807) is 12.1 Å². The van der Waals surface area contributed by atoms with Crippen molar-refractivity contribution in [3.8, 4) is 11.5 Å². The highest BCUT2D eigenvalue weighted by atomic mass is 19.1. The lowest BCUT2D eigenvalue weighted by Gasteiger charge is -2.11. The molecular weight excluding hydrogens is 241 g/mol. The van der Waals surface area contributed by atoms with Gasteiger partial charge < -0.3 is 10.5 Å². The second-order valence-electron chi connectivity index (χ2n) is 4.90. The molecule has 100 valence electrons. The average molecular weight is 259 g/mol. The van der Waals surface area contributed by atoms with Crippen LogP contribution in [0.4, 0.5) is 4.39 Å². The van der Waals surface area contributed by atoms with Crippen LogP contribution in [0.25, 0.3) is 0 Å². The molecule has 2 N–H and O–H groups in total. The summed E-state index contributed by atoms with van der Waals surface area (Å²) >= 11 is 0. The van der Waals surface area contributed by atoms with Crippen LogP contribution in [0, 0.1) is 19.7 Å². The fraction of sp³-hybridized carbons (Fsp3) is 0.250. The maximum absolute atomic E-state index is 13.9. The van der Waals surface area contributed by atoms with Gasteiger partial charge in [0, 0.05) is 6.04 Å². The van der Waals surface area contributed by atoms with Crippen molar-refractivity contribution in [2.45, 2.75) is 26.8 Å². The number of rotatable bonds is 3. The topological polar surface area (TPSA) is 35.2 Å². The molecule has 0 saturated heterocycles. The normalized spacial score (nSPS) is 12.3. The van der Waals surface area contributed by atoms with E-state index in [1.165, 1.54) is 6.07 Å². The first kappa shape index (κ1) is 13.6. The lowest BCUT2D eigenvalue weighted by molar-refractivity contribution is 0.440. The van der Waals surface area contributed by atoms with Crippen molar-refractivity contribution in [2.24, 2.45) is 5.73 Å². The van der Waals surface area contributed by atoms with E-state index in [-0.39, 0.29) is 11.8 Å². The molecule has 0 radical (unpaired) electrons. The predicted octanol–water partition coefficient (Wildman–Crippen LogP) is 4.25. The predicted molar refractivity (Wildman–Crippen MR) is 75.0 cm³/mol. The van der Waals surface area contributed by atoms with Crippen molar-refractivity contribution >= 4 is 0 Å². The average Bonchev–Trinajstić information content (AvgIpc) is 2.30. The molecule has 3 heteroatoms. The maximum atomic E-state index is 13.9. The van der Waals surface area contributed by atoms with Gasteiger partial charge in [0.15, 0.2) is 11.6 Å². The molecule has 0 amide bonds. The highest BCUT2D eigenvalue weighted by Crippen LogP contribution is 2.27. The van der Waals surface area contributed by atoms with Gasteiger partial charge in [0.05, 0.1) is 0 Å². The SMILES string of the molecule is Cc1cc(C)cc(Oc2ccc(C(C)N)cc2F)c1. The molecule has 0 aliphatic carbocycles. The van der Waals surface area contributed by atoms with E-state index in [9.17, 15) is 4.39 Å². The second-order valence-corrected chi connectivity index (χ2v) is 4.90. The molecule has 2 aromatic rings.